The molecule has 0 aliphatic carbocycles. The number of nitrogens with zero attached hydrogens (tertiary/aromatic N) is 4. The van der Waals surface area contributed by atoms with E-state index in [1.807, 2.05) is 0 Å². The summed E-state index contributed by atoms with van der Waals surface area (Å²) in [6.45, 7) is 0. The molecule has 4 heterocycles. The molecule has 0 aliphatic rings. The van der Waals surface area contributed by atoms with Crippen LogP contribution in [0.5, 0.6) is 0 Å². The minimum atomic E-state index is -0.848. The molecule has 28 heavy (non-hydrogen) atoms. The molecule has 4 aromatic rings. The average molecular weight is 382 g/mol. The highest BCUT2D eigenvalue weighted by atomic mass is 19.1. The largest absolute Gasteiger partial charge is 0.251 e. The molecule has 0 unspecified atom stereocenters. The summed E-state index contributed by atoms with van der Waals surface area (Å²) in [5.41, 5.74) is 0.209. The van der Waals surface area contributed by atoms with Crippen LogP contribution in [0.3, 0.4) is 0 Å². The minimum absolute atomic E-state index is 0.0785. The first-order chi connectivity index (χ1) is 13.5. The molecule has 0 amide bonds. The van der Waals surface area contributed by atoms with Crippen LogP contribution in [0.15, 0.2) is 60.9 Å². The average Bonchev–Trinajstić information content (AvgIpc) is 2.68. The normalized spacial score (nSPS) is 10.9. The van der Waals surface area contributed by atoms with Gasteiger partial charge in [-0.25, -0.2) is 18.7 Å². The van der Waals surface area contributed by atoms with Gasteiger partial charge in [-0.15, -0.1) is 0 Å². The van der Waals surface area contributed by atoms with E-state index in [2.05, 4.69) is 19.9 Å². The zero-order valence-corrected chi connectivity index (χ0v) is 14.1. The van der Waals surface area contributed by atoms with Crippen molar-refractivity contribution in [1.82, 2.24) is 19.9 Å². The van der Waals surface area contributed by atoms with Gasteiger partial charge >= 0.3 is 0 Å². The van der Waals surface area contributed by atoms with E-state index < -0.39 is 23.5 Å². The Hall–Kier alpha value is -3.68. The summed E-state index contributed by atoms with van der Waals surface area (Å²) < 4.78 is 55.7. The van der Waals surface area contributed by atoms with Gasteiger partial charge in [0.1, 0.15) is 11.4 Å². The van der Waals surface area contributed by atoms with Gasteiger partial charge in [0.25, 0.3) is 0 Å². The molecule has 0 radical (unpaired) electrons. The van der Waals surface area contributed by atoms with Crippen LogP contribution < -0.4 is 0 Å². The predicted molar refractivity (Wildman–Crippen MR) is 93.8 cm³/mol. The highest BCUT2D eigenvalue weighted by Crippen LogP contribution is 2.28. The first-order valence-corrected chi connectivity index (χ1v) is 8.08. The second-order valence-electron chi connectivity index (χ2n) is 5.80. The first-order valence-electron chi connectivity index (χ1n) is 8.08. The molecule has 8 heteroatoms. The molecule has 4 nitrogen and oxygen atoms in total. The van der Waals surface area contributed by atoms with Crippen LogP contribution in [-0.4, -0.2) is 19.9 Å². The Bertz CT molecular complexity index is 1180. The smallest absolute Gasteiger partial charge is 0.214 e. The van der Waals surface area contributed by atoms with Gasteiger partial charge in [-0.05, 0) is 42.0 Å². The lowest BCUT2D eigenvalue weighted by molar-refractivity contribution is 0.579. The van der Waals surface area contributed by atoms with Gasteiger partial charge in [-0.2, -0.15) is 8.78 Å². The summed E-state index contributed by atoms with van der Waals surface area (Å²) in [4.78, 5) is 15.1. The lowest BCUT2D eigenvalue weighted by Gasteiger charge is -2.08. The lowest BCUT2D eigenvalue weighted by Crippen LogP contribution is -1.97. The van der Waals surface area contributed by atoms with Crippen LogP contribution in [0, 0.1) is 23.5 Å². The van der Waals surface area contributed by atoms with Gasteiger partial charge in [-0.1, -0.05) is 6.07 Å². The third-order valence-electron chi connectivity index (χ3n) is 3.93. The van der Waals surface area contributed by atoms with E-state index >= 15 is 0 Å². The van der Waals surface area contributed by atoms with E-state index in [0.717, 1.165) is 24.3 Å². The minimum Gasteiger partial charge on any atom is -0.251 e. The molecule has 0 saturated heterocycles. The van der Waals surface area contributed by atoms with Crippen molar-refractivity contribution in [3.8, 4) is 33.9 Å². The van der Waals surface area contributed by atoms with Gasteiger partial charge in [0.2, 0.25) is 11.9 Å². The molecule has 4 rings (SSSR count). The Morgan fingerprint density at radius 2 is 1.39 bits per heavy atom. The zero-order valence-electron chi connectivity index (χ0n) is 14.1. The number of hydrogen-bond acceptors (Lipinski definition) is 4. The van der Waals surface area contributed by atoms with Crippen molar-refractivity contribution in [3.63, 3.8) is 0 Å². The number of hydrogen-bond donors (Lipinski definition) is 0. The van der Waals surface area contributed by atoms with Crippen molar-refractivity contribution in [1.29, 1.82) is 0 Å². The van der Waals surface area contributed by atoms with Crippen molar-refractivity contribution in [3.05, 3.63) is 84.5 Å². The summed E-state index contributed by atoms with van der Waals surface area (Å²) in [6, 6.07) is 10.2. The maximum absolute atomic E-state index is 14.5. The van der Waals surface area contributed by atoms with Gasteiger partial charge in [-0.3, -0.25) is 9.97 Å². The van der Waals surface area contributed by atoms with Crippen LogP contribution in [0.1, 0.15) is 0 Å². The molecule has 0 saturated carbocycles. The Morgan fingerprint density at radius 3 is 2.14 bits per heavy atom. The highest BCUT2D eigenvalue weighted by Gasteiger charge is 2.15. The molecule has 0 fully saturated rings. The van der Waals surface area contributed by atoms with Crippen molar-refractivity contribution in [2.45, 2.75) is 0 Å². The topological polar surface area (TPSA) is 51.6 Å². The van der Waals surface area contributed by atoms with Crippen molar-refractivity contribution in [2.24, 2.45) is 0 Å². The Morgan fingerprint density at radius 1 is 0.607 bits per heavy atom. The van der Waals surface area contributed by atoms with Crippen LogP contribution in [0.25, 0.3) is 33.9 Å². The number of halogens is 4. The van der Waals surface area contributed by atoms with Crippen LogP contribution in [-0.2, 0) is 0 Å². The summed E-state index contributed by atoms with van der Waals surface area (Å²) in [7, 11) is 0. The molecule has 0 aromatic carbocycles. The molecular weight excluding hydrogens is 372 g/mol. The monoisotopic (exact) mass is 382 g/mol. The number of rotatable bonds is 3. The van der Waals surface area contributed by atoms with Gasteiger partial charge in [0, 0.05) is 24.0 Å². The summed E-state index contributed by atoms with van der Waals surface area (Å²) in [6.07, 6.45) is 2.59. The second kappa shape index (κ2) is 7.15. The predicted octanol–water partition coefficient (Wildman–Crippen LogP) is 4.82. The van der Waals surface area contributed by atoms with Gasteiger partial charge in [0.05, 0.1) is 11.4 Å². The molecule has 138 valence electrons. The maximum Gasteiger partial charge on any atom is 0.214 e. The molecule has 0 atom stereocenters. The van der Waals surface area contributed by atoms with Crippen LogP contribution in [0.2, 0.25) is 0 Å². The quantitative estimate of drug-likeness (QED) is 0.376. The lowest BCUT2D eigenvalue weighted by atomic mass is 10.1. The van der Waals surface area contributed by atoms with Crippen molar-refractivity contribution in [2.75, 3.05) is 0 Å². The van der Waals surface area contributed by atoms with E-state index in [4.69, 9.17) is 0 Å². The van der Waals surface area contributed by atoms with Crippen LogP contribution >= 0.6 is 0 Å². The van der Waals surface area contributed by atoms with E-state index in [1.54, 1.807) is 0 Å². The molecule has 0 bridgehead atoms. The van der Waals surface area contributed by atoms with Gasteiger partial charge in [0.15, 0.2) is 11.6 Å². The summed E-state index contributed by atoms with van der Waals surface area (Å²) in [5, 5.41) is 0. The Labute approximate surface area is 156 Å². The molecule has 0 aliphatic heterocycles. The van der Waals surface area contributed by atoms with Crippen molar-refractivity contribution >= 4 is 0 Å². The number of aromatic nitrogens is 4. The molecule has 0 spiro atoms. The third-order valence-corrected chi connectivity index (χ3v) is 3.93. The third kappa shape index (κ3) is 3.44. The fourth-order valence-corrected chi connectivity index (χ4v) is 2.68. The standard InChI is InChI=1S/C20H10F4N4/c21-13-3-2-6-25-19(13)20-14(22)7-12(10-26-20)11-8-16(28-18(24)9-11)15-4-1-5-17(23)27-15/h1-10H. The van der Waals surface area contributed by atoms with E-state index in [-0.39, 0.29) is 33.9 Å². The Balaban J connectivity index is 1.78. The number of pyridine rings is 4. The van der Waals surface area contributed by atoms with Crippen LogP contribution in [0.4, 0.5) is 17.6 Å². The summed E-state index contributed by atoms with van der Waals surface area (Å²) in [5.74, 6) is -3.12. The fraction of sp³-hybridized carbons (Fsp3) is 0. The van der Waals surface area contributed by atoms with E-state index in [1.165, 1.54) is 36.7 Å². The second-order valence-corrected chi connectivity index (χ2v) is 5.80. The van der Waals surface area contributed by atoms with Crippen molar-refractivity contribution < 1.29 is 17.6 Å². The Kier molecular flexibility index (Phi) is 4.52. The molecule has 4 aromatic heterocycles. The SMILES string of the molecule is Fc1cccc(-c2cc(-c3cnc(-c4ncccc4F)c(F)c3)cc(F)n2)n1. The summed E-state index contributed by atoms with van der Waals surface area (Å²) >= 11 is 0. The zero-order chi connectivity index (χ0) is 19.7. The van der Waals surface area contributed by atoms with E-state index in [9.17, 15) is 17.6 Å². The van der Waals surface area contributed by atoms with Gasteiger partial charge < -0.3 is 0 Å². The van der Waals surface area contributed by atoms with E-state index in [0.29, 0.717) is 0 Å². The first kappa shape index (κ1) is 17.7. The highest BCUT2D eigenvalue weighted by molar-refractivity contribution is 5.70. The maximum atomic E-state index is 14.5. The fourth-order valence-electron chi connectivity index (χ4n) is 2.68. The molecule has 0 N–H and O–H groups in total. The molecular formula is C20H10F4N4.